The Morgan fingerprint density at radius 2 is 1.91 bits per heavy atom. The summed E-state index contributed by atoms with van der Waals surface area (Å²) < 4.78 is 6.40. The van der Waals surface area contributed by atoms with Gasteiger partial charge in [0, 0.05) is 34.8 Å². The number of aromatic nitrogens is 3. The zero-order valence-electron chi connectivity index (χ0n) is 19.3. The molecule has 2 unspecified atom stereocenters. The van der Waals surface area contributed by atoms with Crippen molar-refractivity contribution in [1.82, 2.24) is 15.0 Å². The van der Waals surface area contributed by atoms with E-state index in [1.54, 1.807) is 18.5 Å². The van der Waals surface area contributed by atoms with E-state index in [2.05, 4.69) is 27.2 Å². The average molecular weight is 454 g/mol. The molecule has 7 heteroatoms. The van der Waals surface area contributed by atoms with Crippen LogP contribution in [0.4, 0.5) is 11.6 Å². The summed E-state index contributed by atoms with van der Waals surface area (Å²) in [7, 11) is 0. The van der Waals surface area contributed by atoms with Crippen molar-refractivity contribution in [3.05, 3.63) is 66.5 Å². The van der Waals surface area contributed by atoms with E-state index in [1.807, 2.05) is 49.4 Å². The fourth-order valence-electron chi connectivity index (χ4n) is 4.73. The number of nitrogens with zero attached hydrogens (tertiary/aromatic N) is 3. The maximum absolute atomic E-state index is 13.0. The van der Waals surface area contributed by atoms with Crippen LogP contribution >= 0.6 is 0 Å². The van der Waals surface area contributed by atoms with Crippen LogP contribution in [-0.4, -0.2) is 20.9 Å². The first-order valence-corrected chi connectivity index (χ1v) is 11.6. The van der Waals surface area contributed by atoms with E-state index in [1.165, 1.54) is 0 Å². The summed E-state index contributed by atoms with van der Waals surface area (Å²) in [4.78, 5) is 25.7. The smallest absolute Gasteiger partial charge is 0.228 e. The second-order valence-electron chi connectivity index (χ2n) is 8.87. The van der Waals surface area contributed by atoms with Crippen molar-refractivity contribution in [3.8, 4) is 22.9 Å². The zero-order chi connectivity index (χ0) is 23.7. The number of nitrogens with one attached hydrogen (secondary N) is 1. The molecule has 172 valence electrons. The number of ether oxygens (including phenoxy) is 1. The minimum Gasteiger partial charge on any atom is -0.437 e. The number of nitrogen functional groups attached to an aromatic ring is 1. The van der Waals surface area contributed by atoms with Gasteiger partial charge in [0.15, 0.2) is 0 Å². The summed E-state index contributed by atoms with van der Waals surface area (Å²) in [5, 5.41) is 4.99. The Bertz CT molecular complexity index is 1370. The van der Waals surface area contributed by atoms with Crippen LogP contribution in [0.1, 0.15) is 31.7 Å². The predicted molar refractivity (Wildman–Crippen MR) is 134 cm³/mol. The number of hydrogen-bond donors (Lipinski definition) is 2. The molecule has 1 amide bonds. The topological polar surface area (TPSA) is 103 Å². The van der Waals surface area contributed by atoms with Crippen LogP contribution in [-0.2, 0) is 4.79 Å². The molecule has 0 bridgehead atoms. The number of carbonyl (C=O) groups excluding carboxylic acids is 1. The van der Waals surface area contributed by atoms with E-state index < -0.39 is 0 Å². The van der Waals surface area contributed by atoms with Gasteiger partial charge in [-0.3, -0.25) is 4.79 Å². The summed E-state index contributed by atoms with van der Waals surface area (Å²) >= 11 is 0. The van der Waals surface area contributed by atoms with Crippen LogP contribution in [0.15, 0.2) is 60.9 Å². The number of aryl methyl sites for hydroxylation is 1. The first-order chi connectivity index (χ1) is 16.5. The average Bonchev–Trinajstić information content (AvgIpc) is 3.27. The number of rotatable bonds is 5. The molecule has 2 aromatic carbocycles. The summed E-state index contributed by atoms with van der Waals surface area (Å²) in [5.74, 6) is 1.86. The highest BCUT2D eigenvalue weighted by molar-refractivity contribution is 6.05. The fourth-order valence-corrected chi connectivity index (χ4v) is 4.73. The third kappa shape index (κ3) is 4.17. The lowest BCUT2D eigenvalue weighted by Crippen LogP contribution is -2.24. The molecule has 1 fully saturated rings. The van der Waals surface area contributed by atoms with Crippen LogP contribution in [0.25, 0.3) is 22.0 Å². The summed E-state index contributed by atoms with van der Waals surface area (Å²) in [6, 6.07) is 15.4. The molecule has 1 aliphatic carbocycles. The number of pyridine rings is 1. The number of fused-ring (bicyclic) bond motifs is 1. The highest BCUT2D eigenvalue weighted by Crippen LogP contribution is 2.39. The molecule has 1 aliphatic rings. The molecule has 4 aromatic rings. The number of benzene rings is 2. The molecule has 34 heavy (non-hydrogen) atoms. The molecular formula is C27H27N5O2. The van der Waals surface area contributed by atoms with Crippen molar-refractivity contribution in [3.63, 3.8) is 0 Å². The number of anilines is 2. The summed E-state index contributed by atoms with van der Waals surface area (Å²) in [6.07, 6.45) is 6.45. The van der Waals surface area contributed by atoms with Crippen LogP contribution < -0.4 is 15.8 Å². The SMILES string of the molecule is Cc1ccc2c(NC(=O)C3CCCC3C)cccc2c1Oc1ncccc1-c1ccnc(N)n1. The second-order valence-corrected chi connectivity index (χ2v) is 8.87. The number of carbonyl (C=O) groups is 1. The molecule has 7 nitrogen and oxygen atoms in total. The van der Waals surface area contributed by atoms with Gasteiger partial charge < -0.3 is 15.8 Å². The lowest BCUT2D eigenvalue weighted by Gasteiger charge is -2.18. The van der Waals surface area contributed by atoms with Crippen LogP contribution in [0.2, 0.25) is 0 Å². The first kappa shape index (κ1) is 21.8. The van der Waals surface area contributed by atoms with Gasteiger partial charge >= 0.3 is 0 Å². The van der Waals surface area contributed by atoms with Gasteiger partial charge in [0.25, 0.3) is 0 Å². The molecular weight excluding hydrogens is 426 g/mol. The van der Waals surface area contributed by atoms with Gasteiger partial charge in [-0.1, -0.05) is 37.6 Å². The Balaban J connectivity index is 1.53. The highest BCUT2D eigenvalue weighted by atomic mass is 16.5. The van der Waals surface area contributed by atoms with E-state index in [0.29, 0.717) is 28.8 Å². The summed E-state index contributed by atoms with van der Waals surface area (Å²) in [6.45, 7) is 4.15. The van der Waals surface area contributed by atoms with Crippen molar-refractivity contribution in [2.75, 3.05) is 11.1 Å². The number of nitrogens with two attached hydrogens (primary N) is 1. The molecule has 0 radical (unpaired) electrons. The van der Waals surface area contributed by atoms with Crippen molar-refractivity contribution in [1.29, 1.82) is 0 Å². The highest BCUT2D eigenvalue weighted by Gasteiger charge is 2.30. The lowest BCUT2D eigenvalue weighted by atomic mass is 9.97. The zero-order valence-corrected chi connectivity index (χ0v) is 19.3. The van der Waals surface area contributed by atoms with Gasteiger partial charge in [-0.2, -0.15) is 0 Å². The van der Waals surface area contributed by atoms with Crippen molar-refractivity contribution >= 4 is 28.3 Å². The van der Waals surface area contributed by atoms with Crippen molar-refractivity contribution in [2.45, 2.75) is 33.1 Å². The van der Waals surface area contributed by atoms with E-state index in [4.69, 9.17) is 10.5 Å². The molecule has 0 spiro atoms. The first-order valence-electron chi connectivity index (χ1n) is 11.6. The number of amides is 1. The van der Waals surface area contributed by atoms with Gasteiger partial charge in [0.1, 0.15) is 5.75 Å². The molecule has 2 heterocycles. The molecule has 5 rings (SSSR count). The third-order valence-corrected chi connectivity index (χ3v) is 6.59. The monoisotopic (exact) mass is 453 g/mol. The molecule has 2 atom stereocenters. The minimum atomic E-state index is 0.0628. The quantitative estimate of drug-likeness (QED) is 0.399. The number of hydrogen-bond acceptors (Lipinski definition) is 6. The van der Waals surface area contributed by atoms with Crippen LogP contribution in [0.3, 0.4) is 0 Å². The van der Waals surface area contributed by atoms with E-state index >= 15 is 0 Å². The molecule has 1 saturated carbocycles. The van der Waals surface area contributed by atoms with Gasteiger partial charge in [-0.15, -0.1) is 0 Å². The molecule has 3 N–H and O–H groups in total. The van der Waals surface area contributed by atoms with Crippen molar-refractivity contribution < 1.29 is 9.53 Å². The molecule has 0 saturated heterocycles. The largest absolute Gasteiger partial charge is 0.437 e. The van der Waals surface area contributed by atoms with Crippen LogP contribution in [0, 0.1) is 18.8 Å². The third-order valence-electron chi connectivity index (χ3n) is 6.59. The molecule has 0 aliphatic heterocycles. The van der Waals surface area contributed by atoms with Gasteiger partial charge in [0.05, 0.1) is 11.3 Å². The maximum Gasteiger partial charge on any atom is 0.228 e. The van der Waals surface area contributed by atoms with Gasteiger partial charge in [-0.25, -0.2) is 15.0 Å². The minimum absolute atomic E-state index is 0.0628. The standard InChI is InChI=1S/C27H27N5O2/c1-16-6-3-7-18(16)25(33)31-22-10-4-8-20-19(22)12-11-17(2)24(20)34-26-21(9-5-14-29-26)23-13-15-30-27(28)32-23/h4-5,8-16,18H,3,6-7H2,1-2H3,(H,31,33)(H2,28,30,32). The maximum atomic E-state index is 13.0. The van der Waals surface area contributed by atoms with Gasteiger partial charge in [0.2, 0.25) is 17.7 Å². The Morgan fingerprint density at radius 1 is 1.03 bits per heavy atom. The fraction of sp³-hybridized carbons (Fsp3) is 0.259. The lowest BCUT2D eigenvalue weighted by molar-refractivity contribution is -0.120. The Labute approximate surface area is 198 Å². The molecule has 2 aromatic heterocycles. The van der Waals surface area contributed by atoms with E-state index in [0.717, 1.165) is 41.3 Å². The van der Waals surface area contributed by atoms with E-state index in [9.17, 15) is 4.79 Å². The predicted octanol–water partition coefficient (Wildman–Crippen LogP) is 5.75. The Kier molecular flexibility index (Phi) is 5.84. The van der Waals surface area contributed by atoms with Crippen LogP contribution in [0.5, 0.6) is 11.6 Å². The van der Waals surface area contributed by atoms with Crippen molar-refractivity contribution in [2.24, 2.45) is 11.8 Å². The van der Waals surface area contributed by atoms with E-state index in [-0.39, 0.29) is 17.8 Å². The normalized spacial score (nSPS) is 17.6. The summed E-state index contributed by atoms with van der Waals surface area (Å²) in [5.41, 5.74) is 8.88. The Hall–Kier alpha value is -4.00. The second kappa shape index (κ2) is 9.09. The Morgan fingerprint density at radius 3 is 2.71 bits per heavy atom. The van der Waals surface area contributed by atoms with Gasteiger partial charge in [-0.05, 0) is 55.5 Å².